The number of anilines is 1. The zero-order valence-electron chi connectivity index (χ0n) is 13.9. The molecule has 0 spiro atoms. The van der Waals surface area contributed by atoms with Crippen LogP contribution in [0.15, 0.2) is 24.3 Å². The molecule has 2 aromatic rings. The smallest absolute Gasteiger partial charge is 0.329 e. The summed E-state index contributed by atoms with van der Waals surface area (Å²) in [7, 11) is 1.28. The van der Waals surface area contributed by atoms with Crippen molar-refractivity contribution in [1.29, 1.82) is 5.26 Å². The zero-order valence-corrected chi connectivity index (χ0v) is 13.9. The maximum atomic E-state index is 12.0. The van der Waals surface area contributed by atoms with Crippen molar-refractivity contribution in [1.82, 2.24) is 9.97 Å². The van der Waals surface area contributed by atoms with E-state index in [1.165, 1.54) is 13.5 Å². The Labute approximate surface area is 141 Å². The molecule has 3 rings (SSSR count). The van der Waals surface area contributed by atoms with Gasteiger partial charge in [0.1, 0.15) is 5.69 Å². The summed E-state index contributed by atoms with van der Waals surface area (Å²) in [4.78, 5) is 23.5. The van der Waals surface area contributed by atoms with E-state index in [0.29, 0.717) is 22.9 Å². The first-order valence-corrected chi connectivity index (χ1v) is 8.13. The van der Waals surface area contributed by atoms with Gasteiger partial charge in [0.05, 0.1) is 24.2 Å². The van der Waals surface area contributed by atoms with E-state index < -0.39 is 11.9 Å². The highest BCUT2D eigenvalue weighted by atomic mass is 16.5. The van der Waals surface area contributed by atoms with Crippen LogP contribution in [0.1, 0.15) is 31.4 Å². The molecule has 0 saturated carbocycles. The van der Waals surface area contributed by atoms with E-state index >= 15 is 0 Å². The Morgan fingerprint density at radius 3 is 2.71 bits per heavy atom. The Balaban J connectivity index is 2.15. The molecule has 1 aromatic carbocycles. The number of piperidine rings is 1. The van der Waals surface area contributed by atoms with Crippen LogP contribution in [-0.2, 0) is 9.53 Å². The van der Waals surface area contributed by atoms with Gasteiger partial charge in [0.2, 0.25) is 0 Å². The lowest BCUT2D eigenvalue weighted by molar-refractivity contribution is -0.141. The van der Waals surface area contributed by atoms with Gasteiger partial charge in [-0.1, -0.05) is 19.1 Å². The largest absolute Gasteiger partial charge is 0.468 e. The monoisotopic (exact) mass is 324 g/mol. The number of nitrogens with zero attached hydrogens (tertiary/aromatic N) is 4. The van der Waals surface area contributed by atoms with Crippen molar-refractivity contribution in [3.8, 4) is 6.07 Å². The summed E-state index contributed by atoms with van der Waals surface area (Å²) >= 11 is 0. The molecule has 1 saturated heterocycles. The van der Waals surface area contributed by atoms with Gasteiger partial charge in [0.25, 0.3) is 0 Å². The van der Waals surface area contributed by atoms with Gasteiger partial charge in [0.15, 0.2) is 11.7 Å². The molecule has 0 amide bonds. The van der Waals surface area contributed by atoms with Crippen LogP contribution in [0.25, 0.3) is 11.0 Å². The molecule has 0 N–H and O–H groups in total. The Morgan fingerprint density at radius 2 is 2.08 bits per heavy atom. The number of esters is 1. The van der Waals surface area contributed by atoms with E-state index in [2.05, 4.69) is 16.8 Å². The number of ether oxygens (including phenoxy) is 1. The Kier molecular flexibility index (Phi) is 4.61. The minimum atomic E-state index is -1.07. The number of hydrogen-bond acceptors (Lipinski definition) is 6. The Bertz CT molecular complexity index is 799. The molecule has 0 unspecified atom stereocenters. The van der Waals surface area contributed by atoms with Gasteiger partial charge >= 0.3 is 5.97 Å². The fourth-order valence-corrected chi connectivity index (χ4v) is 3.16. The van der Waals surface area contributed by atoms with Crippen molar-refractivity contribution in [3.63, 3.8) is 0 Å². The van der Waals surface area contributed by atoms with E-state index in [0.717, 1.165) is 25.0 Å². The first kappa shape index (κ1) is 16.2. The standard InChI is InChI=1S/C18H20N4O2/c1-12-6-5-9-22(11-12)17-16(13(10-19)18(23)24-2)20-14-7-3-4-8-15(14)21-17/h3-4,7-8,12-13H,5-6,9,11H2,1-2H3/t12-,13-/m1/s1. The summed E-state index contributed by atoms with van der Waals surface area (Å²) in [5.41, 5.74) is 1.82. The van der Waals surface area contributed by atoms with Gasteiger partial charge in [-0.15, -0.1) is 0 Å². The van der Waals surface area contributed by atoms with E-state index in [-0.39, 0.29) is 0 Å². The van der Waals surface area contributed by atoms with Crippen LogP contribution < -0.4 is 4.90 Å². The van der Waals surface area contributed by atoms with Gasteiger partial charge in [-0.05, 0) is 30.9 Å². The van der Waals surface area contributed by atoms with Crippen LogP contribution in [0.4, 0.5) is 5.82 Å². The van der Waals surface area contributed by atoms with Crippen molar-refractivity contribution in [2.45, 2.75) is 25.7 Å². The molecule has 124 valence electrons. The third-order valence-electron chi connectivity index (χ3n) is 4.37. The number of carbonyl (C=O) groups is 1. The van der Waals surface area contributed by atoms with Crippen molar-refractivity contribution in [3.05, 3.63) is 30.0 Å². The number of carbonyl (C=O) groups excluding carboxylic acids is 1. The van der Waals surface area contributed by atoms with Crippen LogP contribution in [-0.4, -0.2) is 36.1 Å². The quantitative estimate of drug-likeness (QED) is 0.808. The van der Waals surface area contributed by atoms with Crippen LogP contribution in [0.5, 0.6) is 0 Å². The average Bonchev–Trinajstić information content (AvgIpc) is 2.61. The van der Waals surface area contributed by atoms with Gasteiger partial charge in [-0.25, -0.2) is 9.97 Å². The van der Waals surface area contributed by atoms with E-state index in [9.17, 15) is 10.1 Å². The molecular weight excluding hydrogens is 304 g/mol. The first-order valence-electron chi connectivity index (χ1n) is 8.13. The molecule has 6 heteroatoms. The van der Waals surface area contributed by atoms with Gasteiger partial charge in [0, 0.05) is 13.1 Å². The number of benzene rings is 1. The number of methoxy groups -OCH3 is 1. The van der Waals surface area contributed by atoms with Gasteiger partial charge < -0.3 is 9.64 Å². The second kappa shape index (κ2) is 6.83. The second-order valence-electron chi connectivity index (χ2n) is 6.20. The maximum Gasteiger partial charge on any atom is 0.329 e. The van der Waals surface area contributed by atoms with Crippen molar-refractivity contribution in [2.24, 2.45) is 5.92 Å². The van der Waals surface area contributed by atoms with Crippen LogP contribution in [0.2, 0.25) is 0 Å². The highest BCUT2D eigenvalue weighted by Crippen LogP contribution is 2.30. The van der Waals surface area contributed by atoms with Gasteiger partial charge in [-0.2, -0.15) is 5.26 Å². The number of nitriles is 1. The van der Waals surface area contributed by atoms with Crippen LogP contribution in [0.3, 0.4) is 0 Å². The minimum Gasteiger partial charge on any atom is -0.468 e. The van der Waals surface area contributed by atoms with E-state index in [4.69, 9.17) is 9.72 Å². The number of para-hydroxylation sites is 2. The normalized spacial score (nSPS) is 18.9. The Morgan fingerprint density at radius 1 is 1.38 bits per heavy atom. The fourth-order valence-electron chi connectivity index (χ4n) is 3.16. The summed E-state index contributed by atoms with van der Waals surface area (Å²) in [6.45, 7) is 3.89. The summed E-state index contributed by atoms with van der Waals surface area (Å²) in [6, 6.07) is 9.51. The highest BCUT2D eigenvalue weighted by Gasteiger charge is 2.30. The molecule has 6 nitrogen and oxygen atoms in total. The third kappa shape index (κ3) is 3.02. The summed E-state index contributed by atoms with van der Waals surface area (Å²) in [5.74, 6) is -0.511. The Hall–Kier alpha value is -2.68. The molecule has 1 aliphatic heterocycles. The summed E-state index contributed by atoms with van der Waals surface area (Å²) in [6.07, 6.45) is 2.23. The first-order chi connectivity index (χ1) is 11.6. The average molecular weight is 324 g/mol. The number of aromatic nitrogens is 2. The summed E-state index contributed by atoms with van der Waals surface area (Å²) in [5, 5.41) is 9.49. The molecule has 1 aliphatic rings. The fraction of sp³-hybridized carbons (Fsp3) is 0.444. The van der Waals surface area contributed by atoms with Crippen LogP contribution in [0, 0.1) is 17.2 Å². The molecule has 2 atom stereocenters. The lowest BCUT2D eigenvalue weighted by Gasteiger charge is -2.33. The predicted molar refractivity (Wildman–Crippen MR) is 90.5 cm³/mol. The number of rotatable bonds is 3. The second-order valence-corrected chi connectivity index (χ2v) is 6.20. The molecule has 24 heavy (non-hydrogen) atoms. The van der Waals surface area contributed by atoms with Crippen molar-refractivity contribution >= 4 is 22.8 Å². The number of hydrogen-bond donors (Lipinski definition) is 0. The zero-order chi connectivity index (χ0) is 17.1. The molecule has 1 aromatic heterocycles. The number of fused-ring (bicyclic) bond motifs is 1. The predicted octanol–water partition coefficient (Wildman–Crippen LogP) is 2.65. The molecular formula is C18H20N4O2. The molecule has 1 fully saturated rings. The van der Waals surface area contributed by atoms with E-state index in [1.807, 2.05) is 30.3 Å². The van der Waals surface area contributed by atoms with Gasteiger partial charge in [-0.3, -0.25) is 4.79 Å². The third-order valence-corrected chi connectivity index (χ3v) is 4.37. The summed E-state index contributed by atoms with van der Waals surface area (Å²) < 4.78 is 4.79. The minimum absolute atomic E-state index is 0.386. The maximum absolute atomic E-state index is 12.0. The van der Waals surface area contributed by atoms with Crippen molar-refractivity contribution < 1.29 is 9.53 Å². The SMILES string of the molecule is COC(=O)[C@H](C#N)c1nc2ccccc2nc1N1CCC[C@@H](C)C1. The highest BCUT2D eigenvalue weighted by molar-refractivity contribution is 5.85. The molecule has 2 heterocycles. The lowest BCUT2D eigenvalue weighted by Crippen LogP contribution is -2.36. The molecule has 0 bridgehead atoms. The van der Waals surface area contributed by atoms with E-state index in [1.54, 1.807) is 0 Å². The molecule has 0 aliphatic carbocycles. The molecule has 0 radical (unpaired) electrons. The topological polar surface area (TPSA) is 79.1 Å². The van der Waals surface area contributed by atoms with Crippen molar-refractivity contribution in [2.75, 3.05) is 25.1 Å². The van der Waals surface area contributed by atoms with Crippen LogP contribution >= 0.6 is 0 Å². The lowest BCUT2D eigenvalue weighted by atomic mass is 9.99.